The summed E-state index contributed by atoms with van der Waals surface area (Å²) in [6, 6.07) is 1.38. The summed E-state index contributed by atoms with van der Waals surface area (Å²) >= 11 is 0. The minimum Gasteiger partial charge on any atom is -0.444 e. The quantitative estimate of drug-likeness (QED) is 0.786. The Morgan fingerprint density at radius 2 is 1.78 bits per heavy atom. The summed E-state index contributed by atoms with van der Waals surface area (Å²) in [6.45, 7) is 8.88. The van der Waals surface area contributed by atoms with Crippen molar-refractivity contribution >= 4 is 17.9 Å². The molecule has 2 fully saturated rings. The van der Waals surface area contributed by atoms with Crippen molar-refractivity contribution in [3.8, 4) is 0 Å². The van der Waals surface area contributed by atoms with E-state index in [0.717, 1.165) is 19.4 Å². The van der Waals surface area contributed by atoms with Gasteiger partial charge in [0.2, 0.25) is 11.9 Å². The van der Waals surface area contributed by atoms with Crippen LogP contribution in [-0.2, 0) is 9.53 Å². The summed E-state index contributed by atoms with van der Waals surface area (Å²) in [5.41, 5.74) is -0.563. The van der Waals surface area contributed by atoms with Crippen LogP contribution in [-0.4, -0.2) is 76.1 Å². The van der Waals surface area contributed by atoms with Gasteiger partial charge in [0.1, 0.15) is 11.6 Å². The largest absolute Gasteiger partial charge is 0.444 e. The standard InChI is InChI=1S/C19H29N5O3/c1-19(2,3)27-18(26)24-12-4-7-15(24)16(25)22-10-6-11-23(14-13-22)17-20-8-5-9-21-17/h5,8-9,15H,4,6-7,10-14H2,1-3H3/t15-/m0/s1. The molecule has 2 amide bonds. The number of anilines is 1. The van der Waals surface area contributed by atoms with Crippen LogP contribution in [0, 0.1) is 0 Å². The van der Waals surface area contributed by atoms with Crippen LogP contribution < -0.4 is 4.90 Å². The van der Waals surface area contributed by atoms with Crippen molar-refractivity contribution in [3.63, 3.8) is 0 Å². The molecule has 1 atom stereocenters. The molecule has 2 aliphatic heterocycles. The highest BCUT2D eigenvalue weighted by Gasteiger charge is 2.38. The second-order valence-electron chi connectivity index (χ2n) is 8.05. The third-order valence-electron chi connectivity index (χ3n) is 4.81. The second kappa shape index (κ2) is 8.10. The fourth-order valence-electron chi connectivity index (χ4n) is 3.57. The van der Waals surface area contributed by atoms with E-state index in [9.17, 15) is 9.59 Å². The lowest BCUT2D eigenvalue weighted by Crippen LogP contribution is -2.49. The zero-order chi connectivity index (χ0) is 19.4. The molecule has 0 aliphatic carbocycles. The maximum absolute atomic E-state index is 13.1. The first-order chi connectivity index (χ1) is 12.8. The van der Waals surface area contributed by atoms with E-state index in [4.69, 9.17) is 4.74 Å². The van der Waals surface area contributed by atoms with Crippen molar-refractivity contribution < 1.29 is 14.3 Å². The van der Waals surface area contributed by atoms with Gasteiger partial charge in [-0.05, 0) is 46.1 Å². The lowest BCUT2D eigenvalue weighted by atomic mass is 10.2. The number of nitrogens with zero attached hydrogens (tertiary/aromatic N) is 5. The summed E-state index contributed by atoms with van der Waals surface area (Å²) in [4.78, 5) is 39.8. The lowest BCUT2D eigenvalue weighted by Gasteiger charge is -2.31. The Morgan fingerprint density at radius 3 is 2.48 bits per heavy atom. The van der Waals surface area contributed by atoms with Crippen LogP contribution in [0.25, 0.3) is 0 Å². The van der Waals surface area contributed by atoms with E-state index in [1.54, 1.807) is 23.4 Å². The molecule has 0 N–H and O–H groups in total. The molecule has 0 bridgehead atoms. The molecule has 3 heterocycles. The minimum atomic E-state index is -0.563. The van der Waals surface area contributed by atoms with Crippen LogP contribution in [0.4, 0.5) is 10.7 Å². The Bertz CT molecular complexity index is 661. The van der Waals surface area contributed by atoms with Crippen molar-refractivity contribution in [3.05, 3.63) is 18.5 Å². The molecule has 3 rings (SSSR count). The van der Waals surface area contributed by atoms with Gasteiger partial charge >= 0.3 is 6.09 Å². The Balaban J connectivity index is 1.62. The number of carbonyl (C=O) groups is 2. The predicted molar refractivity (Wildman–Crippen MR) is 101 cm³/mol. The van der Waals surface area contributed by atoms with E-state index >= 15 is 0 Å². The lowest BCUT2D eigenvalue weighted by molar-refractivity contribution is -0.135. The summed E-state index contributed by atoms with van der Waals surface area (Å²) in [5, 5.41) is 0. The number of carbonyl (C=O) groups excluding carboxylic acids is 2. The average molecular weight is 375 g/mol. The minimum absolute atomic E-state index is 0.0224. The van der Waals surface area contributed by atoms with Crippen LogP contribution in [0.1, 0.15) is 40.0 Å². The molecule has 0 aromatic carbocycles. The maximum atomic E-state index is 13.1. The zero-order valence-corrected chi connectivity index (χ0v) is 16.4. The highest BCUT2D eigenvalue weighted by Crippen LogP contribution is 2.23. The van der Waals surface area contributed by atoms with Crippen LogP contribution in [0.2, 0.25) is 0 Å². The smallest absolute Gasteiger partial charge is 0.410 e. The van der Waals surface area contributed by atoms with Gasteiger partial charge in [-0.25, -0.2) is 14.8 Å². The molecule has 8 heteroatoms. The molecule has 2 aliphatic rings. The van der Waals surface area contributed by atoms with Crippen LogP contribution in [0.3, 0.4) is 0 Å². The van der Waals surface area contributed by atoms with E-state index in [2.05, 4.69) is 14.9 Å². The van der Waals surface area contributed by atoms with Crippen molar-refractivity contribution in [2.75, 3.05) is 37.6 Å². The summed E-state index contributed by atoms with van der Waals surface area (Å²) in [7, 11) is 0. The fraction of sp³-hybridized carbons (Fsp3) is 0.684. The molecule has 148 valence electrons. The SMILES string of the molecule is CC(C)(C)OC(=O)N1CCC[C@H]1C(=O)N1CCCN(c2ncccn2)CC1. The van der Waals surface area contributed by atoms with Crippen LogP contribution in [0.15, 0.2) is 18.5 Å². The van der Waals surface area contributed by atoms with E-state index in [0.29, 0.717) is 38.5 Å². The van der Waals surface area contributed by atoms with Crippen molar-refractivity contribution in [2.45, 2.75) is 51.7 Å². The van der Waals surface area contributed by atoms with Gasteiger partial charge in [0, 0.05) is 45.1 Å². The Labute approximate surface area is 160 Å². The molecule has 1 aromatic rings. The van der Waals surface area contributed by atoms with Gasteiger partial charge in [0.15, 0.2) is 0 Å². The van der Waals surface area contributed by atoms with Gasteiger partial charge in [-0.3, -0.25) is 9.69 Å². The Kier molecular flexibility index (Phi) is 5.82. The molecule has 27 heavy (non-hydrogen) atoms. The number of likely N-dealkylation sites (tertiary alicyclic amines) is 1. The summed E-state index contributed by atoms with van der Waals surface area (Å²) in [6.07, 6.45) is 5.43. The van der Waals surface area contributed by atoms with Crippen LogP contribution >= 0.6 is 0 Å². The summed E-state index contributed by atoms with van der Waals surface area (Å²) < 4.78 is 5.48. The molecule has 8 nitrogen and oxygen atoms in total. The average Bonchev–Trinajstić information content (AvgIpc) is 2.98. The van der Waals surface area contributed by atoms with E-state index in [1.807, 2.05) is 25.7 Å². The number of amides is 2. The first-order valence-corrected chi connectivity index (χ1v) is 9.65. The normalized spacial score (nSPS) is 21.1. The number of rotatable bonds is 2. The molecule has 1 aromatic heterocycles. The van der Waals surface area contributed by atoms with Crippen LogP contribution in [0.5, 0.6) is 0 Å². The number of aromatic nitrogens is 2. The Hall–Kier alpha value is -2.38. The van der Waals surface area contributed by atoms with Gasteiger partial charge in [0.05, 0.1) is 0 Å². The number of hydrogen-bond donors (Lipinski definition) is 0. The molecular weight excluding hydrogens is 346 g/mol. The third-order valence-corrected chi connectivity index (χ3v) is 4.81. The van der Waals surface area contributed by atoms with Gasteiger partial charge in [-0.1, -0.05) is 0 Å². The van der Waals surface area contributed by atoms with Crippen molar-refractivity contribution in [1.82, 2.24) is 19.8 Å². The highest BCUT2D eigenvalue weighted by atomic mass is 16.6. The topological polar surface area (TPSA) is 78.9 Å². The fourth-order valence-corrected chi connectivity index (χ4v) is 3.57. The molecule has 0 saturated carbocycles. The molecule has 2 saturated heterocycles. The predicted octanol–water partition coefficient (Wildman–Crippen LogP) is 1.91. The van der Waals surface area contributed by atoms with Gasteiger partial charge in [-0.2, -0.15) is 0 Å². The maximum Gasteiger partial charge on any atom is 0.410 e. The number of hydrogen-bond acceptors (Lipinski definition) is 6. The van der Waals surface area contributed by atoms with Crippen molar-refractivity contribution in [2.24, 2.45) is 0 Å². The molecule has 0 unspecified atom stereocenters. The molecular formula is C19H29N5O3. The second-order valence-corrected chi connectivity index (χ2v) is 8.05. The molecule has 0 spiro atoms. The molecule has 0 radical (unpaired) electrons. The van der Waals surface area contributed by atoms with Gasteiger partial charge in [-0.15, -0.1) is 0 Å². The van der Waals surface area contributed by atoms with E-state index in [1.165, 1.54) is 0 Å². The highest BCUT2D eigenvalue weighted by molar-refractivity contribution is 5.86. The summed E-state index contributed by atoms with van der Waals surface area (Å²) in [5.74, 6) is 0.720. The van der Waals surface area contributed by atoms with E-state index in [-0.39, 0.29) is 5.91 Å². The first kappa shape index (κ1) is 19.4. The Morgan fingerprint density at radius 1 is 1.04 bits per heavy atom. The number of ether oxygens (including phenoxy) is 1. The van der Waals surface area contributed by atoms with Crippen molar-refractivity contribution in [1.29, 1.82) is 0 Å². The zero-order valence-electron chi connectivity index (χ0n) is 16.4. The first-order valence-electron chi connectivity index (χ1n) is 9.65. The monoisotopic (exact) mass is 375 g/mol. The van der Waals surface area contributed by atoms with E-state index < -0.39 is 17.7 Å². The van der Waals surface area contributed by atoms with Gasteiger partial charge in [0.25, 0.3) is 0 Å². The van der Waals surface area contributed by atoms with Gasteiger partial charge < -0.3 is 14.5 Å². The third kappa shape index (κ3) is 4.87.